The molecule has 0 aliphatic heterocycles. The van der Waals surface area contributed by atoms with E-state index in [4.69, 9.17) is 0 Å². The highest BCUT2D eigenvalue weighted by atomic mass is 32.1. The van der Waals surface area contributed by atoms with Crippen molar-refractivity contribution in [3.05, 3.63) is 101 Å². The van der Waals surface area contributed by atoms with E-state index < -0.39 is 0 Å². The van der Waals surface area contributed by atoms with Gasteiger partial charge in [0, 0.05) is 28.4 Å². The molecule has 0 bridgehead atoms. The maximum Gasteiger partial charge on any atom is 0.275 e. The fourth-order valence-electron chi connectivity index (χ4n) is 2.53. The van der Waals surface area contributed by atoms with Crippen LogP contribution in [0.2, 0.25) is 0 Å². The third-order valence-corrected chi connectivity index (χ3v) is 4.77. The van der Waals surface area contributed by atoms with Gasteiger partial charge in [-0.3, -0.25) is 4.79 Å². The van der Waals surface area contributed by atoms with Gasteiger partial charge in [-0.15, -0.1) is 11.3 Å². The summed E-state index contributed by atoms with van der Waals surface area (Å²) in [6.45, 7) is 0. The van der Waals surface area contributed by atoms with Gasteiger partial charge in [0.05, 0.1) is 0 Å². The number of thiazole rings is 1. The molecule has 2 aromatic heterocycles. The van der Waals surface area contributed by atoms with Crippen molar-refractivity contribution in [3.63, 3.8) is 0 Å². The summed E-state index contributed by atoms with van der Waals surface area (Å²) in [7, 11) is 0. The smallest absolute Gasteiger partial charge is 0.275 e. The highest BCUT2D eigenvalue weighted by molar-refractivity contribution is 7.13. The highest BCUT2D eigenvalue weighted by Crippen LogP contribution is 2.23. The minimum absolute atomic E-state index is 0.242. The maximum absolute atomic E-state index is 12.5. The molecule has 0 fully saturated rings. The van der Waals surface area contributed by atoms with E-state index in [-0.39, 0.29) is 5.91 Å². The number of hydrogen-bond acceptors (Lipinski definition) is 4. The Bertz CT molecular complexity index is 1160. The van der Waals surface area contributed by atoms with Crippen LogP contribution in [-0.2, 0) is 0 Å². The Balaban J connectivity index is 1.48. The van der Waals surface area contributed by atoms with Crippen LogP contribution in [0.1, 0.15) is 21.7 Å². The molecule has 4 nitrogen and oxygen atoms in total. The topological polar surface area (TPSA) is 54.9 Å². The zero-order valence-electron chi connectivity index (χ0n) is 14.8. The number of nitrogens with zero attached hydrogens (tertiary/aromatic N) is 2. The molecule has 134 valence electrons. The van der Waals surface area contributed by atoms with Crippen LogP contribution in [0.3, 0.4) is 0 Å². The van der Waals surface area contributed by atoms with Crippen molar-refractivity contribution >= 4 is 22.9 Å². The van der Waals surface area contributed by atoms with Crippen molar-refractivity contribution in [2.24, 2.45) is 0 Å². The Hall–Kier alpha value is -3.75. The number of benzene rings is 2. The van der Waals surface area contributed by atoms with Crippen LogP contribution < -0.4 is 5.32 Å². The molecule has 0 spiro atoms. The van der Waals surface area contributed by atoms with E-state index in [0.717, 1.165) is 16.1 Å². The summed E-state index contributed by atoms with van der Waals surface area (Å²) >= 11 is 1.45. The Labute approximate surface area is 166 Å². The minimum atomic E-state index is -0.242. The van der Waals surface area contributed by atoms with Crippen LogP contribution in [0, 0.1) is 11.8 Å². The van der Waals surface area contributed by atoms with E-state index in [1.54, 1.807) is 11.6 Å². The molecule has 0 saturated heterocycles. The molecule has 1 N–H and O–H groups in total. The zero-order valence-corrected chi connectivity index (χ0v) is 15.6. The van der Waals surface area contributed by atoms with Gasteiger partial charge >= 0.3 is 0 Å². The first-order chi connectivity index (χ1) is 13.8. The fraction of sp³-hybridized carbons (Fsp3) is 0. The Kier molecular flexibility index (Phi) is 5.23. The molecule has 1 amide bonds. The van der Waals surface area contributed by atoms with Gasteiger partial charge in [0.25, 0.3) is 5.91 Å². The van der Waals surface area contributed by atoms with Crippen molar-refractivity contribution in [3.8, 4) is 22.4 Å². The summed E-state index contributed by atoms with van der Waals surface area (Å²) in [5.74, 6) is 5.83. The second kappa shape index (κ2) is 8.30. The van der Waals surface area contributed by atoms with E-state index in [2.05, 4.69) is 27.1 Å². The van der Waals surface area contributed by atoms with Gasteiger partial charge in [0.2, 0.25) is 0 Å². The number of carbonyl (C=O) groups is 1. The third kappa shape index (κ3) is 4.32. The number of pyridine rings is 1. The second-order valence-corrected chi connectivity index (χ2v) is 6.76. The molecule has 4 rings (SSSR count). The Morgan fingerprint density at radius 2 is 1.79 bits per heavy atom. The zero-order chi connectivity index (χ0) is 19.2. The first-order valence-electron chi connectivity index (χ1n) is 8.63. The normalized spacial score (nSPS) is 10.0. The maximum atomic E-state index is 12.5. The van der Waals surface area contributed by atoms with Gasteiger partial charge in [0.1, 0.15) is 16.4 Å². The van der Waals surface area contributed by atoms with E-state index in [1.807, 2.05) is 72.8 Å². The molecule has 0 aliphatic carbocycles. The van der Waals surface area contributed by atoms with Crippen LogP contribution in [0.15, 0.2) is 84.4 Å². The van der Waals surface area contributed by atoms with E-state index in [1.165, 1.54) is 11.3 Å². The molecule has 0 atom stereocenters. The Morgan fingerprint density at radius 1 is 0.929 bits per heavy atom. The van der Waals surface area contributed by atoms with E-state index in [9.17, 15) is 4.79 Å². The summed E-state index contributed by atoms with van der Waals surface area (Å²) in [6, 6.07) is 22.8. The lowest BCUT2D eigenvalue weighted by atomic mass is 10.2. The number of hydrogen-bond donors (Lipinski definition) is 1. The van der Waals surface area contributed by atoms with Crippen molar-refractivity contribution in [2.75, 3.05) is 5.32 Å². The largest absolute Gasteiger partial charge is 0.321 e. The first-order valence-corrected chi connectivity index (χ1v) is 9.51. The van der Waals surface area contributed by atoms with Crippen LogP contribution in [0.4, 0.5) is 5.69 Å². The predicted octanol–water partition coefficient (Wildman–Crippen LogP) is 4.86. The van der Waals surface area contributed by atoms with Gasteiger partial charge in [-0.1, -0.05) is 48.4 Å². The number of amides is 1. The molecule has 5 heteroatoms. The van der Waals surface area contributed by atoms with Crippen molar-refractivity contribution in [2.45, 2.75) is 0 Å². The number of aromatic nitrogens is 2. The molecular weight excluding hydrogens is 366 g/mol. The van der Waals surface area contributed by atoms with Gasteiger partial charge in [-0.2, -0.15) is 0 Å². The first kappa shape index (κ1) is 17.7. The minimum Gasteiger partial charge on any atom is -0.321 e. The lowest BCUT2D eigenvalue weighted by Crippen LogP contribution is -2.12. The summed E-state index contributed by atoms with van der Waals surface area (Å²) in [5, 5.41) is 5.47. The van der Waals surface area contributed by atoms with Gasteiger partial charge < -0.3 is 5.32 Å². The van der Waals surface area contributed by atoms with Crippen molar-refractivity contribution < 1.29 is 4.79 Å². The molecule has 0 aliphatic rings. The SMILES string of the molecule is O=C(Nc1cccc(C#Cc2ccccn2)c1)c1csc(-c2ccccc2)n1. The molecular formula is C23H15N3OS. The van der Waals surface area contributed by atoms with Crippen LogP contribution >= 0.6 is 11.3 Å². The molecule has 0 saturated carbocycles. The van der Waals surface area contributed by atoms with E-state index in [0.29, 0.717) is 17.1 Å². The summed E-state index contributed by atoms with van der Waals surface area (Å²) < 4.78 is 0. The molecule has 2 aromatic carbocycles. The summed E-state index contributed by atoms with van der Waals surface area (Å²) in [6.07, 6.45) is 1.71. The van der Waals surface area contributed by atoms with Crippen molar-refractivity contribution in [1.29, 1.82) is 0 Å². The average molecular weight is 381 g/mol. The highest BCUT2D eigenvalue weighted by Gasteiger charge is 2.12. The van der Waals surface area contributed by atoms with Gasteiger partial charge in [0.15, 0.2) is 0 Å². The number of carbonyl (C=O) groups excluding carboxylic acids is 1. The molecule has 0 radical (unpaired) electrons. The average Bonchev–Trinajstić information content (AvgIpc) is 3.25. The lowest BCUT2D eigenvalue weighted by Gasteiger charge is -2.03. The predicted molar refractivity (Wildman–Crippen MR) is 112 cm³/mol. The van der Waals surface area contributed by atoms with Crippen LogP contribution in [0.5, 0.6) is 0 Å². The van der Waals surface area contributed by atoms with Crippen LogP contribution in [0.25, 0.3) is 10.6 Å². The second-order valence-electron chi connectivity index (χ2n) is 5.90. The summed E-state index contributed by atoms with van der Waals surface area (Å²) in [4.78, 5) is 21.2. The number of anilines is 1. The van der Waals surface area contributed by atoms with Gasteiger partial charge in [-0.05, 0) is 36.3 Å². The number of rotatable bonds is 3. The van der Waals surface area contributed by atoms with E-state index >= 15 is 0 Å². The third-order valence-electron chi connectivity index (χ3n) is 3.88. The molecule has 2 heterocycles. The molecule has 4 aromatic rings. The standard InChI is InChI=1S/C23H15N3OS/c27-22(21-16-28-23(26-21)18-8-2-1-3-9-18)25-20-11-6-7-17(15-20)12-13-19-10-4-5-14-24-19/h1-11,14-16H,(H,25,27). The summed E-state index contributed by atoms with van der Waals surface area (Å²) in [5.41, 5.74) is 3.57. The quantitative estimate of drug-likeness (QED) is 0.516. The Morgan fingerprint density at radius 3 is 2.61 bits per heavy atom. The monoisotopic (exact) mass is 381 g/mol. The number of nitrogens with one attached hydrogen (secondary N) is 1. The molecule has 28 heavy (non-hydrogen) atoms. The van der Waals surface area contributed by atoms with Gasteiger partial charge in [-0.25, -0.2) is 9.97 Å². The fourth-order valence-corrected chi connectivity index (χ4v) is 3.34. The lowest BCUT2D eigenvalue weighted by molar-refractivity contribution is 0.102. The van der Waals surface area contributed by atoms with Crippen molar-refractivity contribution in [1.82, 2.24) is 9.97 Å². The van der Waals surface area contributed by atoms with Crippen LogP contribution in [-0.4, -0.2) is 15.9 Å². The molecule has 0 unspecified atom stereocenters.